The predicted molar refractivity (Wildman–Crippen MR) is 124 cm³/mol. The minimum atomic E-state index is -0.416. The van der Waals surface area contributed by atoms with Crippen molar-refractivity contribution >= 4 is 28.5 Å². The third-order valence-electron chi connectivity index (χ3n) is 6.80. The van der Waals surface area contributed by atoms with Crippen LogP contribution in [0.15, 0.2) is 59.4 Å². The zero-order valence-electron chi connectivity index (χ0n) is 18.3. The van der Waals surface area contributed by atoms with Crippen LogP contribution < -0.4 is 5.32 Å². The number of likely N-dealkylation sites (tertiary alicyclic amines) is 1. The lowest BCUT2D eigenvalue weighted by Gasteiger charge is -2.32. The SMILES string of the molecule is O=C1OC(c2cccc3ccccc23)=NC1=CN1CCC(NC(=O)C2CCCCC2)CC1. The monoisotopic (exact) mass is 431 g/mol. The number of carbonyl (C=O) groups is 2. The molecule has 5 rings (SSSR count). The summed E-state index contributed by atoms with van der Waals surface area (Å²) in [4.78, 5) is 31.6. The van der Waals surface area contributed by atoms with Crippen LogP contribution in [0.2, 0.25) is 0 Å². The van der Waals surface area contributed by atoms with Gasteiger partial charge in [0.1, 0.15) is 0 Å². The van der Waals surface area contributed by atoms with E-state index in [9.17, 15) is 9.59 Å². The van der Waals surface area contributed by atoms with E-state index in [4.69, 9.17) is 4.74 Å². The fourth-order valence-electron chi connectivity index (χ4n) is 4.96. The largest absolute Gasteiger partial charge is 0.402 e. The number of nitrogens with one attached hydrogen (secondary N) is 1. The Balaban J connectivity index is 1.22. The molecule has 1 N–H and O–H groups in total. The van der Waals surface area contributed by atoms with Crippen LogP contribution in [0.1, 0.15) is 50.5 Å². The summed E-state index contributed by atoms with van der Waals surface area (Å²) in [7, 11) is 0. The minimum Gasteiger partial charge on any atom is -0.402 e. The van der Waals surface area contributed by atoms with Gasteiger partial charge in [0.25, 0.3) is 0 Å². The van der Waals surface area contributed by atoms with Crippen LogP contribution in [0.5, 0.6) is 0 Å². The van der Waals surface area contributed by atoms with E-state index in [0.29, 0.717) is 11.6 Å². The molecule has 0 radical (unpaired) electrons. The number of fused-ring (bicyclic) bond motifs is 1. The molecular formula is C26H29N3O3. The lowest BCUT2D eigenvalue weighted by Crippen LogP contribution is -2.45. The van der Waals surface area contributed by atoms with Gasteiger partial charge in [0.05, 0.1) is 0 Å². The van der Waals surface area contributed by atoms with Crippen molar-refractivity contribution in [2.75, 3.05) is 13.1 Å². The third kappa shape index (κ3) is 4.40. The Morgan fingerprint density at radius 3 is 2.56 bits per heavy atom. The second kappa shape index (κ2) is 9.15. The summed E-state index contributed by atoms with van der Waals surface area (Å²) < 4.78 is 5.51. The summed E-state index contributed by atoms with van der Waals surface area (Å²) in [6.45, 7) is 1.57. The third-order valence-corrected chi connectivity index (χ3v) is 6.80. The van der Waals surface area contributed by atoms with Crippen LogP contribution in [0.3, 0.4) is 0 Å². The van der Waals surface area contributed by atoms with E-state index in [-0.39, 0.29) is 17.9 Å². The first-order chi connectivity index (χ1) is 15.7. The highest BCUT2D eigenvalue weighted by Crippen LogP contribution is 2.26. The molecule has 1 aliphatic carbocycles. The molecule has 32 heavy (non-hydrogen) atoms. The molecule has 6 heteroatoms. The Hall–Kier alpha value is -3.15. The molecular weight excluding hydrogens is 402 g/mol. The Morgan fingerprint density at radius 2 is 1.75 bits per heavy atom. The van der Waals surface area contributed by atoms with Crippen LogP contribution >= 0.6 is 0 Å². The molecule has 2 aromatic carbocycles. The molecule has 0 atom stereocenters. The number of cyclic esters (lactones) is 1. The van der Waals surface area contributed by atoms with Crippen molar-refractivity contribution in [3.8, 4) is 0 Å². The second-order valence-electron chi connectivity index (χ2n) is 9.00. The van der Waals surface area contributed by atoms with Gasteiger partial charge < -0.3 is 15.0 Å². The number of hydrogen-bond acceptors (Lipinski definition) is 5. The minimum absolute atomic E-state index is 0.194. The molecule has 2 aromatic rings. The number of amides is 1. The highest BCUT2D eigenvalue weighted by Gasteiger charge is 2.28. The van der Waals surface area contributed by atoms with Gasteiger partial charge in [-0.25, -0.2) is 9.79 Å². The summed E-state index contributed by atoms with van der Waals surface area (Å²) >= 11 is 0. The standard InChI is InChI=1S/C26H29N3O3/c30-24(19-8-2-1-3-9-19)27-20-13-15-29(16-14-20)17-23-26(31)32-25(28-23)22-12-6-10-18-7-4-5-11-21(18)22/h4-7,10-12,17,19-20H,1-3,8-9,13-16H2,(H,27,30). The maximum atomic E-state index is 12.5. The van der Waals surface area contributed by atoms with E-state index in [1.165, 1.54) is 19.3 Å². The summed E-state index contributed by atoms with van der Waals surface area (Å²) in [6.07, 6.45) is 9.19. The molecule has 0 unspecified atom stereocenters. The van der Waals surface area contributed by atoms with E-state index in [1.54, 1.807) is 6.20 Å². The van der Waals surface area contributed by atoms with Gasteiger partial charge in [0.15, 0.2) is 5.70 Å². The molecule has 3 aliphatic rings. The number of ether oxygens (including phenoxy) is 1. The molecule has 2 fully saturated rings. The van der Waals surface area contributed by atoms with Gasteiger partial charge in [-0.2, -0.15) is 0 Å². The number of piperidine rings is 1. The molecule has 166 valence electrons. The fourth-order valence-corrected chi connectivity index (χ4v) is 4.96. The van der Waals surface area contributed by atoms with Gasteiger partial charge in [-0.1, -0.05) is 55.7 Å². The van der Waals surface area contributed by atoms with Gasteiger partial charge in [-0.3, -0.25) is 4.79 Å². The summed E-state index contributed by atoms with van der Waals surface area (Å²) in [6, 6.07) is 14.1. The number of benzene rings is 2. The van der Waals surface area contributed by atoms with Crippen LogP contribution in [0, 0.1) is 5.92 Å². The number of aliphatic imine (C=N–C) groups is 1. The lowest BCUT2D eigenvalue weighted by atomic mass is 9.88. The quantitative estimate of drug-likeness (QED) is 0.583. The Bertz CT molecular complexity index is 1070. The van der Waals surface area contributed by atoms with Crippen LogP contribution in [-0.4, -0.2) is 41.8 Å². The van der Waals surface area contributed by atoms with Crippen molar-refractivity contribution in [2.24, 2.45) is 10.9 Å². The van der Waals surface area contributed by atoms with Crippen molar-refractivity contribution < 1.29 is 14.3 Å². The van der Waals surface area contributed by atoms with E-state index in [2.05, 4.69) is 15.2 Å². The second-order valence-corrected chi connectivity index (χ2v) is 9.00. The average molecular weight is 432 g/mol. The van der Waals surface area contributed by atoms with Crippen LogP contribution in [0.25, 0.3) is 10.8 Å². The summed E-state index contributed by atoms with van der Waals surface area (Å²) in [5.74, 6) is 0.359. The molecule has 1 saturated carbocycles. The number of esters is 1. The van der Waals surface area contributed by atoms with E-state index < -0.39 is 5.97 Å². The van der Waals surface area contributed by atoms with E-state index in [0.717, 1.165) is 55.1 Å². The molecule has 1 amide bonds. The summed E-state index contributed by atoms with van der Waals surface area (Å²) in [5.41, 5.74) is 1.15. The molecule has 2 heterocycles. The zero-order chi connectivity index (χ0) is 21.9. The molecule has 2 aliphatic heterocycles. The molecule has 6 nitrogen and oxygen atoms in total. The predicted octanol–water partition coefficient (Wildman–Crippen LogP) is 4.15. The van der Waals surface area contributed by atoms with Crippen LogP contribution in [-0.2, 0) is 14.3 Å². The topological polar surface area (TPSA) is 71.0 Å². The Labute approximate surface area is 188 Å². The number of nitrogens with zero attached hydrogens (tertiary/aromatic N) is 2. The van der Waals surface area contributed by atoms with Gasteiger partial charge in [0, 0.05) is 36.8 Å². The van der Waals surface area contributed by atoms with Crippen molar-refractivity contribution in [1.29, 1.82) is 0 Å². The van der Waals surface area contributed by atoms with Crippen molar-refractivity contribution in [1.82, 2.24) is 10.2 Å². The van der Waals surface area contributed by atoms with Crippen molar-refractivity contribution in [3.63, 3.8) is 0 Å². The Morgan fingerprint density at radius 1 is 1.00 bits per heavy atom. The molecule has 1 saturated heterocycles. The highest BCUT2D eigenvalue weighted by atomic mass is 16.6. The number of hydrogen-bond donors (Lipinski definition) is 1. The average Bonchev–Trinajstić information content (AvgIpc) is 3.20. The summed E-state index contributed by atoms with van der Waals surface area (Å²) in [5, 5.41) is 5.35. The van der Waals surface area contributed by atoms with Gasteiger partial charge >= 0.3 is 5.97 Å². The normalized spacial score (nSPS) is 21.6. The van der Waals surface area contributed by atoms with E-state index >= 15 is 0 Å². The molecule has 0 bridgehead atoms. The van der Waals surface area contributed by atoms with E-state index in [1.807, 2.05) is 42.5 Å². The molecule has 0 aromatic heterocycles. The van der Waals surface area contributed by atoms with Gasteiger partial charge in [-0.15, -0.1) is 0 Å². The zero-order valence-corrected chi connectivity index (χ0v) is 18.3. The fraction of sp³-hybridized carbons (Fsp3) is 0.423. The number of carbonyl (C=O) groups excluding carboxylic acids is 2. The maximum Gasteiger partial charge on any atom is 0.365 e. The van der Waals surface area contributed by atoms with Crippen LogP contribution in [0.4, 0.5) is 0 Å². The van der Waals surface area contributed by atoms with Crippen molar-refractivity contribution in [3.05, 3.63) is 59.9 Å². The first kappa shape index (κ1) is 20.7. The highest BCUT2D eigenvalue weighted by molar-refractivity contribution is 6.16. The first-order valence-electron chi connectivity index (χ1n) is 11.7. The lowest BCUT2D eigenvalue weighted by molar-refractivity contribution is -0.130. The molecule has 0 spiro atoms. The number of rotatable bonds is 4. The van der Waals surface area contributed by atoms with Gasteiger partial charge in [0.2, 0.25) is 11.8 Å². The van der Waals surface area contributed by atoms with Crippen molar-refractivity contribution in [2.45, 2.75) is 51.0 Å². The first-order valence-corrected chi connectivity index (χ1v) is 11.7. The Kier molecular flexibility index (Phi) is 5.93. The smallest absolute Gasteiger partial charge is 0.365 e. The van der Waals surface area contributed by atoms with Gasteiger partial charge in [-0.05, 0) is 42.5 Å². The maximum absolute atomic E-state index is 12.5.